The molecule has 0 spiro atoms. The molecule has 6 nitrogen and oxygen atoms in total. The predicted octanol–water partition coefficient (Wildman–Crippen LogP) is 1.44. The summed E-state index contributed by atoms with van der Waals surface area (Å²) in [6, 6.07) is 15.7. The van der Waals surface area contributed by atoms with Crippen LogP contribution in [0.5, 0.6) is 0 Å². The Kier molecular flexibility index (Phi) is 5.60. The van der Waals surface area contributed by atoms with E-state index >= 15 is 0 Å². The number of ether oxygens (including phenoxy) is 1. The first-order chi connectivity index (χ1) is 14.0. The second kappa shape index (κ2) is 8.31. The van der Waals surface area contributed by atoms with E-state index in [2.05, 4.69) is 11.1 Å². The summed E-state index contributed by atoms with van der Waals surface area (Å²) in [6.07, 6.45) is 0.590. The lowest BCUT2D eigenvalue weighted by Gasteiger charge is -2.32. The molecule has 3 aromatic rings. The highest BCUT2D eigenvalue weighted by Gasteiger charge is 2.37. The van der Waals surface area contributed by atoms with E-state index in [9.17, 15) is 9.59 Å². The number of hydrogen-bond donors (Lipinski definition) is 1. The van der Waals surface area contributed by atoms with E-state index in [0.717, 1.165) is 25.7 Å². The van der Waals surface area contributed by atoms with Crippen molar-refractivity contribution in [3.63, 3.8) is 0 Å². The van der Waals surface area contributed by atoms with E-state index in [1.807, 2.05) is 42.5 Å². The lowest BCUT2D eigenvalue weighted by molar-refractivity contribution is -0.925. The Morgan fingerprint density at radius 2 is 1.90 bits per heavy atom. The minimum atomic E-state index is -0.366. The van der Waals surface area contributed by atoms with Crippen molar-refractivity contribution in [1.82, 2.24) is 9.88 Å². The number of carbonyl (C=O) groups excluding carboxylic acids is 2. The summed E-state index contributed by atoms with van der Waals surface area (Å²) >= 11 is 1.60. The molecular weight excluding hydrogens is 386 g/mol. The average molecular weight is 411 g/mol. The minimum absolute atomic E-state index is 0.00691. The highest BCUT2D eigenvalue weighted by Crippen LogP contribution is 2.22. The number of likely N-dealkylation sites (N-methyl/N-ethyl adjacent to an activating group) is 1. The normalized spacial score (nSPS) is 18.3. The number of nitrogens with one attached hydrogen (secondary N) is 1. The van der Waals surface area contributed by atoms with E-state index in [-0.39, 0.29) is 24.5 Å². The van der Waals surface area contributed by atoms with Crippen molar-refractivity contribution in [3.8, 4) is 0 Å². The van der Waals surface area contributed by atoms with Gasteiger partial charge in [0.1, 0.15) is 11.6 Å². The molecule has 0 aliphatic carbocycles. The molecule has 150 valence electrons. The van der Waals surface area contributed by atoms with Crippen LogP contribution >= 0.6 is 11.3 Å². The quantitative estimate of drug-likeness (QED) is 0.647. The van der Waals surface area contributed by atoms with Crippen molar-refractivity contribution in [2.24, 2.45) is 0 Å². The highest BCUT2D eigenvalue weighted by atomic mass is 32.1. The smallest absolute Gasteiger partial charge is 0.365 e. The maximum atomic E-state index is 12.9. The number of aromatic nitrogens is 1. The van der Waals surface area contributed by atoms with Gasteiger partial charge in [-0.15, -0.1) is 11.3 Å². The molecule has 29 heavy (non-hydrogen) atoms. The third kappa shape index (κ3) is 4.16. The molecule has 0 radical (unpaired) electrons. The van der Waals surface area contributed by atoms with Crippen LogP contribution < -0.4 is 4.90 Å². The number of quaternary nitrogens is 1. The lowest BCUT2D eigenvalue weighted by atomic mass is 9.94. The molecule has 1 aromatic heterocycles. The number of para-hydroxylation sites is 1. The average Bonchev–Trinajstić information content (AvgIpc) is 3.14. The molecule has 0 saturated heterocycles. The summed E-state index contributed by atoms with van der Waals surface area (Å²) in [5.74, 6) is -0.274. The van der Waals surface area contributed by atoms with Crippen LogP contribution in [-0.4, -0.2) is 48.5 Å². The number of benzene rings is 2. The Labute approximate surface area is 173 Å². The number of rotatable bonds is 5. The fraction of sp³-hybridized carbons (Fsp3) is 0.318. The zero-order chi connectivity index (χ0) is 20.4. The first-order valence-electron chi connectivity index (χ1n) is 9.62. The van der Waals surface area contributed by atoms with Crippen molar-refractivity contribution in [3.05, 3.63) is 64.7 Å². The van der Waals surface area contributed by atoms with Gasteiger partial charge in [0, 0.05) is 19.0 Å². The molecular formula is C22H24N3O3S+. The largest absolute Gasteiger partial charge is 0.465 e. The molecule has 2 aromatic carbocycles. The van der Waals surface area contributed by atoms with Gasteiger partial charge in [-0.25, -0.2) is 9.78 Å². The SMILES string of the molecule is COC(=O)[C@H]1Cc2ccccc2C[NH+]1CC(=O)N(C)Cc1nc2ccccc2s1. The van der Waals surface area contributed by atoms with Crippen LogP contribution in [0.15, 0.2) is 48.5 Å². The summed E-state index contributed by atoms with van der Waals surface area (Å²) in [5, 5.41) is 0.908. The van der Waals surface area contributed by atoms with Crippen molar-refractivity contribution < 1.29 is 19.2 Å². The zero-order valence-electron chi connectivity index (χ0n) is 16.6. The van der Waals surface area contributed by atoms with Gasteiger partial charge in [0.05, 0.1) is 23.9 Å². The molecule has 1 N–H and O–H groups in total. The fourth-order valence-electron chi connectivity index (χ4n) is 3.85. The molecule has 1 aliphatic heterocycles. The molecule has 2 heterocycles. The maximum absolute atomic E-state index is 12.9. The molecule has 4 rings (SSSR count). The summed E-state index contributed by atoms with van der Waals surface area (Å²) < 4.78 is 6.13. The zero-order valence-corrected chi connectivity index (χ0v) is 17.4. The van der Waals surface area contributed by atoms with Gasteiger partial charge in [0.15, 0.2) is 12.6 Å². The number of methoxy groups -OCH3 is 1. The molecule has 1 aliphatic rings. The van der Waals surface area contributed by atoms with E-state index in [0.29, 0.717) is 19.5 Å². The first-order valence-corrected chi connectivity index (χ1v) is 10.4. The van der Waals surface area contributed by atoms with E-state index < -0.39 is 0 Å². The third-order valence-corrected chi connectivity index (χ3v) is 6.47. The summed E-state index contributed by atoms with van der Waals surface area (Å²) in [5.41, 5.74) is 3.29. The molecule has 0 bridgehead atoms. The standard InChI is InChI=1S/C22H23N3O3S/c1-24(13-20-23-17-9-5-6-10-19(17)29-20)21(26)14-25-12-16-8-4-3-7-15(16)11-18(25)22(27)28-2/h3-10,18H,11-14H2,1-2H3/p+1/t18-/m1/s1. The maximum Gasteiger partial charge on any atom is 0.365 e. The van der Waals surface area contributed by atoms with Gasteiger partial charge < -0.3 is 14.5 Å². The van der Waals surface area contributed by atoms with Crippen LogP contribution in [-0.2, 0) is 33.8 Å². The summed E-state index contributed by atoms with van der Waals surface area (Å²) in [4.78, 5) is 32.5. The van der Waals surface area contributed by atoms with E-state index in [1.54, 1.807) is 23.3 Å². The minimum Gasteiger partial charge on any atom is -0.465 e. The fourth-order valence-corrected chi connectivity index (χ4v) is 4.87. The van der Waals surface area contributed by atoms with Gasteiger partial charge in [-0.05, 0) is 17.7 Å². The number of esters is 1. The third-order valence-electron chi connectivity index (χ3n) is 5.45. The van der Waals surface area contributed by atoms with Gasteiger partial charge in [-0.3, -0.25) is 4.79 Å². The van der Waals surface area contributed by atoms with Crippen LogP contribution in [0.4, 0.5) is 0 Å². The number of thiazole rings is 1. The van der Waals surface area contributed by atoms with Crippen LogP contribution in [0.25, 0.3) is 10.2 Å². The second-order valence-corrected chi connectivity index (χ2v) is 8.50. The summed E-state index contributed by atoms with van der Waals surface area (Å²) in [7, 11) is 3.19. The Hall–Kier alpha value is -2.77. The van der Waals surface area contributed by atoms with Crippen molar-refractivity contribution >= 4 is 33.4 Å². The Bertz CT molecular complexity index is 1020. The van der Waals surface area contributed by atoms with Crippen LogP contribution in [0.2, 0.25) is 0 Å². The Morgan fingerprint density at radius 3 is 2.66 bits per heavy atom. The summed E-state index contributed by atoms with van der Waals surface area (Å²) in [6.45, 7) is 1.34. The van der Waals surface area contributed by atoms with Gasteiger partial charge in [-0.1, -0.05) is 36.4 Å². The van der Waals surface area contributed by atoms with Gasteiger partial charge in [-0.2, -0.15) is 0 Å². The Balaban J connectivity index is 1.47. The van der Waals surface area contributed by atoms with Gasteiger partial charge in [0.25, 0.3) is 5.91 Å². The van der Waals surface area contributed by atoms with Crippen molar-refractivity contribution in [2.45, 2.75) is 25.6 Å². The predicted molar refractivity (Wildman–Crippen MR) is 112 cm³/mol. The topological polar surface area (TPSA) is 63.9 Å². The van der Waals surface area contributed by atoms with Crippen molar-refractivity contribution in [1.29, 1.82) is 0 Å². The van der Waals surface area contributed by atoms with E-state index in [1.165, 1.54) is 12.7 Å². The first kappa shape index (κ1) is 19.5. The highest BCUT2D eigenvalue weighted by molar-refractivity contribution is 7.18. The van der Waals surface area contributed by atoms with Crippen LogP contribution in [0, 0.1) is 0 Å². The molecule has 0 fully saturated rings. The van der Waals surface area contributed by atoms with Crippen molar-refractivity contribution in [2.75, 3.05) is 20.7 Å². The van der Waals surface area contributed by atoms with E-state index in [4.69, 9.17) is 4.74 Å². The number of amides is 1. The number of nitrogens with zero attached hydrogens (tertiary/aromatic N) is 2. The lowest BCUT2D eigenvalue weighted by Crippen LogP contribution is -3.17. The second-order valence-electron chi connectivity index (χ2n) is 7.39. The molecule has 7 heteroatoms. The molecule has 0 saturated carbocycles. The monoisotopic (exact) mass is 410 g/mol. The van der Waals surface area contributed by atoms with Crippen LogP contribution in [0.1, 0.15) is 16.1 Å². The van der Waals surface area contributed by atoms with Gasteiger partial charge >= 0.3 is 5.97 Å². The number of fused-ring (bicyclic) bond motifs is 2. The molecule has 1 amide bonds. The number of hydrogen-bond acceptors (Lipinski definition) is 5. The Morgan fingerprint density at radius 1 is 1.17 bits per heavy atom. The molecule has 1 unspecified atom stereocenters. The van der Waals surface area contributed by atoms with Crippen LogP contribution in [0.3, 0.4) is 0 Å². The molecule has 2 atom stereocenters. The van der Waals surface area contributed by atoms with Gasteiger partial charge in [0.2, 0.25) is 0 Å². The number of carbonyl (C=O) groups is 2.